The van der Waals surface area contributed by atoms with Gasteiger partial charge in [-0.15, -0.1) is 0 Å². The Balaban J connectivity index is 1.93. The summed E-state index contributed by atoms with van der Waals surface area (Å²) in [6.07, 6.45) is -0.186. The van der Waals surface area contributed by atoms with Gasteiger partial charge in [0.2, 0.25) is 0 Å². The van der Waals surface area contributed by atoms with Crippen molar-refractivity contribution < 1.29 is 19.2 Å². The molecule has 1 unspecified atom stereocenters. The Morgan fingerprint density at radius 1 is 1.59 bits per heavy atom. The SMILES string of the molecule is O=[N+]([O-])c1ccc(CN2CCOC(CO)C2)o1. The molecule has 1 saturated heterocycles. The van der Waals surface area contributed by atoms with Crippen LogP contribution in [0.25, 0.3) is 0 Å². The van der Waals surface area contributed by atoms with Crippen LogP contribution in [0.2, 0.25) is 0 Å². The zero-order valence-corrected chi connectivity index (χ0v) is 9.24. The van der Waals surface area contributed by atoms with E-state index in [1.54, 1.807) is 6.07 Å². The third kappa shape index (κ3) is 3.02. The minimum absolute atomic E-state index is 0.0190. The number of ether oxygens (including phenoxy) is 1. The summed E-state index contributed by atoms with van der Waals surface area (Å²) >= 11 is 0. The Kier molecular flexibility index (Phi) is 3.72. The summed E-state index contributed by atoms with van der Waals surface area (Å²) in [5, 5.41) is 19.4. The normalized spacial score (nSPS) is 21.6. The van der Waals surface area contributed by atoms with Gasteiger partial charge in [-0.1, -0.05) is 0 Å². The van der Waals surface area contributed by atoms with Crippen molar-refractivity contribution in [3.63, 3.8) is 0 Å². The number of aliphatic hydroxyl groups excluding tert-OH is 1. The number of rotatable bonds is 4. The summed E-state index contributed by atoms with van der Waals surface area (Å²) in [7, 11) is 0. The fourth-order valence-corrected chi connectivity index (χ4v) is 1.80. The highest BCUT2D eigenvalue weighted by atomic mass is 16.6. The van der Waals surface area contributed by atoms with Gasteiger partial charge < -0.3 is 14.3 Å². The summed E-state index contributed by atoms with van der Waals surface area (Å²) in [6, 6.07) is 2.95. The molecule has 17 heavy (non-hydrogen) atoms. The van der Waals surface area contributed by atoms with Crippen LogP contribution >= 0.6 is 0 Å². The van der Waals surface area contributed by atoms with E-state index in [0.29, 0.717) is 25.5 Å². The zero-order chi connectivity index (χ0) is 12.3. The van der Waals surface area contributed by atoms with Gasteiger partial charge in [0.1, 0.15) is 10.7 Å². The molecule has 1 fully saturated rings. The van der Waals surface area contributed by atoms with Crippen LogP contribution in [0.3, 0.4) is 0 Å². The summed E-state index contributed by atoms with van der Waals surface area (Å²) in [5.74, 6) is 0.308. The Labute approximate surface area is 97.7 Å². The van der Waals surface area contributed by atoms with Crippen molar-refractivity contribution in [2.45, 2.75) is 12.6 Å². The van der Waals surface area contributed by atoms with Crippen LogP contribution in [0.4, 0.5) is 5.88 Å². The summed E-state index contributed by atoms with van der Waals surface area (Å²) in [4.78, 5) is 11.9. The van der Waals surface area contributed by atoms with Crippen LogP contribution in [0.1, 0.15) is 5.76 Å². The lowest BCUT2D eigenvalue weighted by Crippen LogP contribution is -2.43. The molecule has 94 valence electrons. The van der Waals surface area contributed by atoms with E-state index in [-0.39, 0.29) is 18.6 Å². The molecule has 0 saturated carbocycles. The molecule has 1 N–H and O–H groups in total. The number of hydrogen-bond acceptors (Lipinski definition) is 6. The number of morpholine rings is 1. The van der Waals surface area contributed by atoms with Crippen molar-refractivity contribution >= 4 is 5.88 Å². The van der Waals surface area contributed by atoms with Gasteiger partial charge in [0, 0.05) is 13.1 Å². The largest absolute Gasteiger partial charge is 0.433 e. The molecule has 1 aromatic heterocycles. The van der Waals surface area contributed by atoms with Crippen LogP contribution in [0.5, 0.6) is 0 Å². The molecule has 0 bridgehead atoms. The monoisotopic (exact) mass is 242 g/mol. The lowest BCUT2D eigenvalue weighted by molar-refractivity contribution is -0.402. The van der Waals surface area contributed by atoms with E-state index >= 15 is 0 Å². The van der Waals surface area contributed by atoms with Crippen molar-refractivity contribution in [1.29, 1.82) is 0 Å². The molecule has 2 rings (SSSR count). The minimum atomic E-state index is -0.556. The average molecular weight is 242 g/mol. The maximum atomic E-state index is 10.4. The lowest BCUT2D eigenvalue weighted by atomic mass is 10.2. The maximum absolute atomic E-state index is 10.4. The van der Waals surface area contributed by atoms with E-state index in [9.17, 15) is 10.1 Å². The molecule has 1 aliphatic rings. The lowest BCUT2D eigenvalue weighted by Gasteiger charge is -2.31. The molecule has 0 aliphatic carbocycles. The highest BCUT2D eigenvalue weighted by Crippen LogP contribution is 2.18. The summed E-state index contributed by atoms with van der Waals surface area (Å²) in [5.41, 5.74) is 0. The molecule has 1 aliphatic heterocycles. The second kappa shape index (κ2) is 5.26. The molecule has 0 radical (unpaired) electrons. The number of aliphatic hydroxyl groups is 1. The molecule has 7 heteroatoms. The van der Waals surface area contributed by atoms with Gasteiger partial charge in [-0.05, 0) is 6.07 Å². The van der Waals surface area contributed by atoms with E-state index < -0.39 is 4.92 Å². The Hall–Kier alpha value is -1.44. The standard InChI is InChI=1S/C10H14N2O5/c13-7-9-6-11(3-4-16-9)5-8-1-2-10(17-8)12(14)15/h1-2,9,13H,3-7H2. The second-order valence-electron chi connectivity index (χ2n) is 3.91. The quantitative estimate of drug-likeness (QED) is 0.606. The van der Waals surface area contributed by atoms with Gasteiger partial charge in [0.15, 0.2) is 0 Å². The minimum Gasteiger partial charge on any atom is -0.404 e. The maximum Gasteiger partial charge on any atom is 0.433 e. The first-order chi connectivity index (χ1) is 8.19. The Morgan fingerprint density at radius 2 is 2.41 bits per heavy atom. The van der Waals surface area contributed by atoms with Gasteiger partial charge in [-0.3, -0.25) is 15.0 Å². The number of nitro groups is 1. The molecule has 1 aromatic rings. The molecular weight excluding hydrogens is 228 g/mol. The molecular formula is C10H14N2O5. The summed E-state index contributed by atoms with van der Waals surface area (Å²) < 4.78 is 10.4. The molecule has 7 nitrogen and oxygen atoms in total. The van der Waals surface area contributed by atoms with Crippen LogP contribution in [-0.4, -0.2) is 47.3 Å². The smallest absolute Gasteiger partial charge is 0.404 e. The molecule has 1 atom stereocenters. The predicted molar refractivity (Wildman–Crippen MR) is 57.5 cm³/mol. The zero-order valence-electron chi connectivity index (χ0n) is 9.24. The van der Waals surface area contributed by atoms with Crippen molar-refractivity contribution in [3.8, 4) is 0 Å². The van der Waals surface area contributed by atoms with Gasteiger partial charge in [0.05, 0.1) is 31.9 Å². The van der Waals surface area contributed by atoms with E-state index in [1.165, 1.54) is 6.07 Å². The first-order valence-corrected chi connectivity index (χ1v) is 5.37. The highest BCUT2D eigenvalue weighted by Gasteiger charge is 2.21. The Bertz CT molecular complexity index is 392. The van der Waals surface area contributed by atoms with Gasteiger partial charge >= 0.3 is 5.88 Å². The van der Waals surface area contributed by atoms with Crippen LogP contribution in [0, 0.1) is 10.1 Å². The van der Waals surface area contributed by atoms with Gasteiger partial charge in [0.25, 0.3) is 0 Å². The van der Waals surface area contributed by atoms with Gasteiger partial charge in [-0.25, -0.2) is 0 Å². The first-order valence-electron chi connectivity index (χ1n) is 5.37. The molecule has 2 heterocycles. The number of furan rings is 1. The molecule has 0 amide bonds. The Morgan fingerprint density at radius 3 is 3.06 bits per heavy atom. The van der Waals surface area contributed by atoms with Crippen LogP contribution in [0.15, 0.2) is 16.5 Å². The highest BCUT2D eigenvalue weighted by molar-refractivity contribution is 5.17. The fraction of sp³-hybridized carbons (Fsp3) is 0.600. The number of nitrogens with zero attached hydrogens (tertiary/aromatic N) is 2. The molecule has 0 spiro atoms. The van der Waals surface area contributed by atoms with Crippen molar-refractivity contribution in [2.24, 2.45) is 0 Å². The van der Waals surface area contributed by atoms with Gasteiger partial charge in [-0.2, -0.15) is 0 Å². The third-order valence-electron chi connectivity index (χ3n) is 2.63. The third-order valence-corrected chi connectivity index (χ3v) is 2.63. The van der Waals surface area contributed by atoms with E-state index in [2.05, 4.69) is 0 Å². The molecule has 0 aromatic carbocycles. The van der Waals surface area contributed by atoms with E-state index in [0.717, 1.165) is 6.54 Å². The first kappa shape index (κ1) is 12.0. The van der Waals surface area contributed by atoms with E-state index in [4.69, 9.17) is 14.3 Å². The summed E-state index contributed by atoms with van der Waals surface area (Å²) in [6.45, 7) is 2.35. The van der Waals surface area contributed by atoms with Crippen molar-refractivity contribution in [1.82, 2.24) is 4.90 Å². The van der Waals surface area contributed by atoms with Crippen LogP contribution in [-0.2, 0) is 11.3 Å². The van der Waals surface area contributed by atoms with Crippen molar-refractivity contribution in [2.75, 3.05) is 26.3 Å². The topological polar surface area (TPSA) is 89.0 Å². The second-order valence-corrected chi connectivity index (χ2v) is 3.91. The van der Waals surface area contributed by atoms with Crippen molar-refractivity contribution in [3.05, 3.63) is 28.0 Å². The van der Waals surface area contributed by atoms with Crippen LogP contribution < -0.4 is 0 Å². The van der Waals surface area contributed by atoms with E-state index in [1.807, 2.05) is 4.90 Å². The number of hydrogen-bond donors (Lipinski definition) is 1. The average Bonchev–Trinajstić information content (AvgIpc) is 2.78. The fourth-order valence-electron chi connectivity index (χ4n) is 1.80. The predicted octanol–water partition coefficient (Wildman–Crippen LogP) is 0.381.